The minimum atomic E-state index is -0.0443. The number of aromatic nitrogens is 3. The van der Waals surface area contributed by atoms with Crippen LogP contribution in [0.5, 0.6) is 0 Å². The van der Waals surface area contributed by atoms with E-state index in [1.807, 2.05) is 17.3 Å². The molecule has 1 N–H and O–H groups in total. The molecule has 136 valence electrons. The Hall–Kier alpha value is -1.99. The first-order chi connectivity index (χ1) is 12.2. The molecule has 0 spiro atoms. The molecule has 0 saturated carbocycles. The summed E-state index contributed by atoms with van der Waals surface area (Å²) in [5, 5.41) is 13.7. The lowest BCUT2D eigenvalue weighted by Gasteiger charge is -2.31. The molecule has 1 fully saturated rings. The second-order valence-corrected chi connectivity index (χ2v) is 6.69. The maximum absolute atomic E-state index is 12.8. The van der Waals surface area contributed by atoms with Gasteiger partial charge in [-0.05, 0) is 31.8 Å². The molecule has 3 heterocycles. The Labute approximate surface area is 148 Å². The average Bonchev–Trinajstić information content (AvgIpc) is 3.08. The Bertz CT molecular complexity index is 725. The highest BCUT2D eigenvalue weighted by Crippen LogP contribution is 2.20. The maximum atomic E-state index is 12.8. The van der Waals surface area contributed by atoms with Gasteiger partial charge >= 0.3 is 0 Å². The van der Waals surface area contributed by atoms with E-state index in [2.05, 4.69) is 28.8 Å². The van der Waals surface area contributed by atoms with Crippen LogP contribution in [-0.4, -0.2) is 68.2 Å². The van der Waals surface area contributed by atoms with Crippen LogP contribution < -0.4 is 0 Å². The number of likely N-dealkylation sites (tertiary alicyclic amines) is 1. The van der Waals surface area contributed by atoms with Crippen molar-refractivity contribution in [3.8, 4) is 0 Å². The standard InChI is InChI=1S/C18H27N5O2/c1-3-21(4-2)10-15-8-19-17-16(9-20-23(17)12-15)18(25)22-7-5-6-14(11-22)13-24/h8-9,12,14,24H,3-7,10-11,13H2,1-2H3/t14-/m1/s1. The van der Waals surface area contributed by atoms with E-state index >= 15 is 0 Å². The number of piperidine rings is 1. The molecule has 0 aliphatic carbocycles. The van der Waals surface area contributed by atoms with Gasteiger partial charge in [-0.15, -0.1) is 0 Å². The molecule has 1 atom stereocenters. The van der Waals surface area contributed by atoms with Crippen LogP contribution in [-0.2, 0) is 6.54 Å². The van der Waals surface area contributed by atoms with Crippen molar-refractivity contribution in [1.29, 1.82) is 0 Å². The maximum Gasteiger partial charge on any atom is 0.259 e. The highest BCUT2D eigenvalue weighted by Gasteiger charge is 2.26. The van der Waals surface area contributed by atoms with Crippen LogP contribution in [0.2, 0.25) is 0 Å². The number of hydrogen-bond acceptors (Lipinski definition) is 5. The first-order valence-electron chi connectivity index (χ1n) is 9.11. The number of amides is 1. The number of carbonyl (C=O) groups is 1. The fourth-order valence-electron chi connectivity index (χ4n) is 3.42. The Balaban J connectivity index is 1.79. The quantitative estimate of drug-likeness (QED) is 0.857. The van der Waals surface area contributed by atoms with Crippen LogP contribution in [0, 0.1) is 5.92 Å². The lowest BCUT2D eigenvalue weighted by Crippen LogP contribution is -2.40. The number of nitrogens with zero attached hydrogens (tertiary/aromatic N) is 5. The molecular weight excluding hydrogens is 318 g/mol. The molecule has 1 amide bonds. The fourth-order valence-corrected chi connectivity index (χ4v) is 3.42. The zero-order valence-electron chi connectivity index (χ0n) is 15.1. The monoisotopic (exact) mass is 345 g/mol. The van der Waals surface area contributed by atoms with Crippen LogP contribution in [0.25, 0.3) is 5.65 Å². The molecule has 1 aliphatic rings. The number of carbonyl (C=O) groups excluding carboxylic acids is 1. The van der Waals surface area contributed by atoms with Crippen molar-refractivity contribution in [1.82, 2.24) is 24.4 Å². The summed E-state index contributed by atoms with van der Waals surface area (Å²) in [6, 6.07) is 0. The SMILES string of the molecule is CCN(CC)Cc1cnc2c(C(=O)N3CCC[C@@H](CO)C3)cnn2c1. The summed E-state index contributed by atoms with van der Waals surface area (Å²) in [4.78, 5) is 21.4. The van der Waals surface area contributed by atoms with Gasteiger partial charge in [0.2, 0.25) is 0 Å². The first kappa shape index (κ1) is 17.8. The van der Waals surface area contributed by atoms with Crippen molar-refractivity contribution >= 4 is 11.6 Å². The van der Waals surface area contributed by atoms with Crippen molar-refractivity contribution in [2.75, 3.05) is 32.8 Å². The van der Waals surface area contributed by atoms with E-state index in [1.165, 1.54) is 0 Å². The Morgan fingerprint density at radius 1 is 1.36 bits per heavy atom. The van der Waals surface area contributed by atoms with Gasteiger partial charge in [-0.3, -0.25) is 9.69 Å². The van der Waals surface area contributed by atoms with E-state index in [0.29, 0.717) is 17.8 Å². The van der Waals surface area contributed by atoms with Crippen molar-refractivity contribution in [3.63, 3.8) is 0 Å². The smallest absolute Gasteiger partial charge is 0.259 e. The van der Waals surface area contributed by atoms with E-state index in [9.17, 15) is 9.90 Å². The van der Waals surface area contributed by atoms with Crippen molar-refractivity contribution in [2.24, 2.45) is 5.92 Å². The molecule has 1 saturated heterocycles. The highest BCUT2D eigenvalue weighted by atomic mass is 16.3. The molecule has 1 aliphatic heterocycles. The van der Waals surface area contributed by atoms with Gasteiger partial charge < -0.3 is 10.0 Å². The van der Waals surface area contributed by atoms with E-state index in [-0.39, 0.29) is 18.4 Å². The summed E-state index contributed by atoms with van der Waals surface area (Å²) < 4.78 is 1.69. The van der Waals surface area contributed by atoms with Gasteiger partial charge in [-0.1, -0.05) is 13.8 Å². The second-order valence-electron chi connectivity index (χ2n) is 6.69. The van der Waals surface area contributed by atoms with Gasteiger partial charge in [0, 0.05) is 44.2 Å². The van der Waals surface area contributed by atoms with Gasteiger partial charge in [0.05, 0.1) is 6.20 Å². The number of aliphatic hydroxyl groups excluding tert-OH is 1. The first-order valence-corrected chi connectivity index (χ1v) is 9.11. The van der Waals surface area contributed by atoms with Crippen LogP contribution in [0.4, 0.5) is 0 Å². The van der Waals surface area contributed by atoms with Crippen LogP contribution in [0.3, 0.4) is 0 Å². The lowest BCUT2D eigenvalue weighted by atomic mass is 9.98. The number of rotatable bonds is 6. The molecule has 2 aromatic rings. The minimum Gasteiger partial charge on any atom is -0.396 e. The highest BCUT2D eigenvalue weighted by molar-refractivity contribution is 5.99. The van der Waals surface area contributed by atoms with Crippen LogP contribution in [0.1, 0.15) is 42.6 Å². The second kappa shape index (κ2) is 7.93. The van der Waals surface area contributed by atoms with Gasteiger partial charge in [0.15, 0.2) is 5.65 Å². The summed E-state index contributed by atoms with van der Waals surface area (Å²) in [6.07, 6.45) is 7.29. The largest absolute Gasteiger partial charge is 0.396 e. The summed E-state index contributed by atoms with van der Waals surface area (Å²) in [6.45, 7) is 8.53. The molecule has 3 rings (SSSR count). The zero-order valence-corrected chi connectivity index (χ0v) is 15.1. The average molecular weight is 345 g/mol. The Morgan fingerprint density at radius 3 is 2.88 bits per heavy atom. The predicted octanol–water partition coefficient (Wildman–Crippen LogP) is 1.42. The molecule has 0 bridgehead atoms. The third kappa shape index (κ3) is 3.82. The van der Waals surface area contributed by atoms with Crippen molar-refractivity contribution < 1.29 is 9.90 Å². The summed E-state index contributed by atoms with van der Waals surface area (Å²) in [7, 11) is 0. The fraction of sp³-hybridized carbons (Fsp3) is 0.611. The van der Waals surface area contributed by atoms with E-state index in [1.54, 1.807) is 10.7 Å². The Kier molecular flexibility index (Phi) is 5.65. The Morgan fingerprint density at radius 2 is 2.16 bits per heavy atom. The minimum absolute atomic E-state index is 0.0443. The van der Waals surface area contributed by atoms with Gasteiger partial charge in [-0.25, -0.2) is 9.50 Å². The van der Waals surface area contributed by atoms with Crippen LogP contribution >= 0.6 is 0 Å². The summed E-state index contributed by atoms with van der Waals surface area (Å²) in [5.41, 5.74) is 2.21. The molecular formula is C18H27N5O2. The number of fused-ring (bicyclic) bond motifs is 1. The molecule has 7 nitrogen and oxygen atoms in total. The normalized spacial score (nSPS) is 18.2. The molecule has 0 radical (unpaired) electrons. The van der Waals surface area contributed by atoms with E-state index < -0.39 is 0 Å². The zero-order chi connectivity index (χ0) is 17.8. The van der Waals surface area contributed by atoms with E-state index in [4.69, 9.17) is 0 Å². The topological polar surface area (TPSA) is 74.0 Å². The molecule has 0 unspecified atom stereocenters. The van der Waals surface area contributed by atoms with E-state index in [0.717, 1.165) is 44.6 Å². The third-order valence-electron chi connectivity index (χ3n) is 5.01. The third-order valence-corrected chi connectivity index (χ3v) is 5.01. The predicted molar refractivity (Wildman–Crippen MR) is 95.3 cm³/mol. The summed E-state index contributed by atoms with van der Waals surface area (Å²) >= 11 is 0. The van der Waals surface area contributed by atoms with Gasteiger partial charge in [0.1, 0.15) is 5.56 Å². The number of aliphatic hydroxyl groups is 1. The number of hydrogen-bond donors (Lipinski definition) is 1. The van der Waals surface area contributed by atoms with Gasteiger partial charge in [0.25, 0.3) is 5.91 Å². The molecule has 2 aromatic heterocycles. The van der Waals surface area contributed by atoms with Crippen LogP contribution in [0.15, 0.2) is 18.6 Å². The van der Waals surface area contributed by atoms with Gasteiger partial charge in [-0.2, -0.15) is 5.10 Å². The molecule has 7 heteroatoms. The molecule has 0 aromatic carbocycles. The molecule has 25 heavy (non-hydrogen) atoms. The van der Waals surface area contributed by atoms with Crippen molar-refractivity contribution in [2.45, 2.75) is 33.2 Å². The van der Waals surface area contributed by atoms with Crippen molar-refractivity contribution in [3.05, 3.63) is 29.7 Å². The lowest BCUT2D eigenvalue weighted by molar-refractivity contribution is 0.0622. The summed E-state index contributed by atoms with van der Waals surface area (Å²) in [5.74, 6) is 0.130.